The van der Waals surface area contributed by atoms with Gasteiger partial charge in [-0.25, -0.2) is 0 Å². The minimum atomic E-state index is -0.408. The first-order chi connectivity index (χ1) is 13.3. The van der Waals surface area contributed by atoms with Crippen LogP contribution in [0, 0.1) is 15.5 Å². The molecule has 2 aliphatic rings. The molecular weight excluding hydrogens is 354 g/mol. The first kappa shape index (κ1) is 18.1. The summed E-state index contributed by atoms with van der Waals surface area (Å²) in [4.78, 5) is 28.3. The van der Waals surface area contributed by atoms with E-state index in [0.29, 0.717) is 12.0 Å². The fourth-order valence-electron chi connectivity index (χ4n) is 4.03. The molecule has 2 heterocycles. The summed E-state index contributed by atoms with van der Waals surface area (Å²) in [5, 5.41) is 14.7. The standard InChI is InChI=1S/C22H21N3O3/c1-22(2)12-19-21(20(26)13-22)16(14-6-5-7-15(10-14)25(27)28)11-18(24-19)17-8-3-4-9-23-17/h3-11,16,24H,12-13H2,1-2H3/t16-/m0/s1. The Morgan fingerprint density at radius 3 is 2.71 bits per heavy atom. The monoisotopic (exact) mass is 375 g/mol. The van der Waals surface area contributed by atoms with Crippen LogP contribution in [0.25, 0.3) is 5.70 Å². The lowest BCUT2D eigenvalue weighted by atomic mass is 9.70. The predicted molar refractivity (Wildman–Crippen MR) is 106 cm³/mol. The molecular formula is C22H21N3O3. The van der Waals surface area contributed by atoms with E-state index < -0.39 is 4.92 Å². The van der Waals surface area contributed by atoms with Crippen molar-refractivity contribution in [2.75, 3.05) is 0 Å². The third-order valence-electron chi connectivity index (χ3n) is 5.23. The van der Waals surface area contributed by atoms with Gasteiger partial charge in [0.15, 0.2) is 5.78 Å². The van der Waals surface area contributed by atoms with Crippen molar-refractivity contribution in [3.05, 3.63) is 87.4 Å². The molecule has 2 aromatic rings. The zero-order valence-corrected chi connectivity index (χ0v) is 15.8. The van der Waals surface area contributed by atoms with E-state index in [1.54, 1.807) is 18.3 Å². The topological polar surface area (TPSA) is 85.1 Å². The summed E-state index contributed by atoms with van der Waals surface area (Å²) >= 11 is 0. The zero-order valence-electron chi connectivity index (χ0n) is 15.8. The van der Waals surface area contributed by atoms with Gasteiger partial charge in [0, 0.05) is 41.9 Å². The minimum Gasteiger partial charge on any atom is -0.357 e. The Kier molecular flexibility index (Phi) is 4.34. The molecule has 1 N–H and O–H groups in total. The summed E-state index contributed by atoms with van der Waals surface area (Å²) in [5.41, 5.74) is 3.82. The van der Waals surface area contributed by atoms with Crippen LogP contribution in [0.3, 0.4) is 0 Å². The molecule has 6 nitrogen and oxygen atoms in total. The second-order valence-corrected chi connectivity index (χ2v) is 8.08. The lowest BCUT2D eigenvalue weighted by molar-refractivity contribution is -0.384. The highest BCUT2D eigenvalue weighted by Crippen LogP contribution is 2.45. The van der Waals surface area contributed by atoms with Gasteiger partial charge in [-0.15, -0.1) is 0 Å². The fraction of sp³-hybridized carbons (Fsp3) is 0.273. The number of benzene rings is 1. The van der Waals surface area contributed by atoms with Gasteiger partial charge >= 0.3 is 0 Å². The Balaban J connectivity index is 1.86. The summed E-state index contributed by atoms with van der Waals surface area (Å²) in [5.74, 6) is -0.247. The molecule has 0 spiro atoms. The molecule has 1 atom stereocenters. The number of aromatic nitrogens is 1. The molecule has 0 fully saturated rings. The summed E-state index contributed by atoms with van der Waals surface area (Å²) in [7, 11) is 0. The highest BCUT2D eigenvalue weighted by molar-refractivity contribution is 6.00. The van der Waals surface area contributed by atoms with Crippen molar-refractivity contribution in [1.82, 2.24) is 10.3 Å². The molecule has 1 aromatic heterocycles. The number of ketones is 1. The Hall–Kier alpha value is -3.28. The Bertz CT molecular complexity index is 1020. The normalized spacial score (nSPS) is 20.9. The van der Waals surface area contributed by atoms with E-state index in [9.17, 15) is 14.9 Å². The maximum Gasteiger partial charge on any atom is 0.269 e. The van der Waals surface area contributed by atoms with Crippen LogP contribution < -0.4 is 5.32 Å². The largest absolute Gasteiger partial charge is 0.357 e. The molecule has 1 aromatic carbocycles. The number of Topliss-reactive ketones (excluding diaryl/α,β-unsaturated/α-hetero) is 1. The number of hydrogen-bond donors (Lipinski definition) is 1. The van der Waals surface area contributed by atoms with E-state index in [-0.39, 0.29) is 22.8 Å². The number of non-ortho nitro benzene ring substituents is 1. The second kappa shape index (κ2) is 6.71. The van der Waals surface area contributed by atoms with Gasteiger partial charge < -0.3 is 5.32 Å². The van der Waals surface area contributed by atoms with Crippen molar-refractivity contribution < 1.29 is 9.72 Å². The van der Waals surface area contributed by atoms with Crippen molar-refractivity contribution in [3.8, 4) is 0 Å². The highest BCUT2D eigenvalue weighted by Gasteiger charge is 2.39. The molecule has 0 bridgehead atoms. The fourth-order valence-corrected chi connectivity index (χ4v) is 4.03. The lowest BCUT2D eigenvalue weighted by Crippen LogP contribution is -2.35. The quantitative estimate of drug-likeness (QED) is 0.636. The van der Waals surface area contributed by atoms with E-state index in [1.165, 1.54) is 6.07 Å². The van der Waals surface area contributed by atoms with Gasteiger partial charge in [0.1, 0.15) is 0 Å². The average Bonchev–Trinajstić information content (AvgIpc) is 2.66. The van der Waals surface area contributed by atoms with Crippen LogP contribution >= 0.6 is 0 Å². The average molecular weight is 375 g/mol. The summed E-state index contributed by atoms with van der Waals surface area (Å²) in [6.07, 6.45) is 4.88. The second-order valence-electron chi connectivity index (χ2n) is 8.08. The number of carbonyl (C=O) groups is 1. The summed E-state index contributed by atoms with van der Waals surface area (Å²) < 4.78 is 0. The molecule has 0 saturated carbocycles. The highest BCUT2D eigenvalue weighted by atomic mass is 16.6. The van der Waals surface area contributed by atoms with Crippen LogP contribution in [0.5, 0.6) is 0 Å². The van der Waals surface area contributed by atoms with Crippen molar-refractivity contribution >= 4 is 17.2 Å². The summed E-state index contributed by atoms with van der Waals surface area (Å²) in [6, 6.07) is 12.2. The van der Waals surface area contributed by atoms with Crippen LogP contribution in [0.1, 0.15) is 43.9 Å². The van der Waals surface area contributed by atoms with Crippen LogP contribution in [0.2, 0.25) is 0 Å². The van der Waals surface area contributed by atoms with E-state index in [2.05, 4.69) is 24.1 Å². The Morgan fingerprint density at radius 1 is 1.18 bits per heavy atom. The molecule has 0 amide bonds. The Morgan fingerprint density at radius 2 is 2.00 bits per heavy atom. The number of nitro benzene ring substituents is 1. The van der Waals surface area contributed by atoms with Crippen molar-refractivity contribution in [3.63, 3.8) is 0 Å². The van der Waals surface area contributed by atoms with Crippen LogP contribution in [-0.2, 0) is 4.79 Å². The van der Waals surface area contributed by atoms with Gasteiger partial charge in [-0.1, -0.05) is 32.0 Å². The number of nitrogens with zero attached hydrogens (tertiary/aromatic N) is 2. The number of nitro groups is 1. The van der Waals surface area contributed by atoms with Crippen molar-refractivity contribution in [1.29, 1.82) is 0 Å². The molecule has 0 saturated heterocycles. The number of pyridine rings is 1. The van der Waals surface area contributed by atoms with Crippen LogP contribution in [-0.4, -0.2) is 15.7 Å². The first-order valence-electron chi connectivity index (χ1n) is 9.25. The molecule has 142 valence electrons. The SMILES string of the molecule is CC1(C)CC(=O)C2=C(C1)NC(c1ccccn1)=C[C@H]2c1cccc([N+](=O)[O-])c1. The molecule has 28 heavy (non-hydrogen) atoms. The van der Waals surface area contributed by atoms with E-state index in [1.807, 2.05) is 30.3 Å². The number of rotatable bonds is 3. The number of nitrogens with one attached hydrogen (secondary N) is 1. The van der Waals surface area contributed by atoms with Gasteiger partial charge in [-0.05, 0) is 35.6 Å². The maximum atomic E-state index is 13.0. The first-order valence-corrected chi connectivity index (χ1v) is 9.25. The third kappa shape index (κ3) is 3.33. The van der Waals surface area contributed by atoms with Gasteiger partial charge in [-0.3, -0.25) is 19.9 Å². The van der Waals surface area contributed by atoms with Gasteiger partial charge in [0.2, 0.25) is 0 Å². The van der Waals surface area contributed by atoms with E-state index in [0.717, 1.165) is 29.1 Å². The zero-order chi connectivity index (χ0) is 19.9. The molecule has 0 unspecified atom stereocenters. The minimum absolute atomic E-state index is 0.0227. The molecule has 4 rings (SSSR count). The van der Waals surface area contributed by atoms with Crippen molar-refractivity contribution in [2.24, 2.45) is 5.41 Å². The smallest absolute Gasteiger partial charge is 0.269 e. The van der Waals surface area contributed by atoms with Crippen LogP contribution in [0.15, 0.2) is 66.0 Å². The van der Waals surface area contributed by atoms with Crippen LogP contribution in [0.4, 0.5) is 5.69 Å². The van der Waals surface area contributed by atoms with E-state index >= 15 is 0 Å². The number of carbonyl (C=O) groups excluding carboxylic acids is 1. The van der Waals surface area contributed by atoms with Gasteiger partial charge in [-0.2, -0.15) is 0 Å². The predicted octanol–water partition coefficient (Wildman–Crippen LogP) is 4.36. The van der Waals surface area contributed by atoms with Gasteiger partial charge in [0.05, 0.1) is 16.3 Å². The lowest BCUT2D eigenvalue weighted by Gasteiger charge is -2.37. The number of hydrogen-bond acceptors (Lipinski definition) is 5. The maximum absolute atomic E-state index is 13.0. The Labute approximate surface area is 163 Å². The third-order valence-corrected chi connectivity index (χ3v) is 5.23. The number of dihydropyridines is 1. The molecule has 1 aliphatic carbocycles. The number of allylic oxidation sites excluding steroid dienone is 3. The molecule has 6 heteroatoms. The van der Waals surface area contributed by atoms with E-state index in [4.69, 9.17) is 0 Å². The molecule has 0 radical (unpaired) electrons. The van der Waals surface area contributed by atoms with Crippen molar-refractivity contribution in [2.45, 2.75) is 32.6 Å². The van der Waals surface area contributed by atoms with Gasteiger partial charge in [0.25, 0.3) is 5.69 Å². The molecule has 1 aliphatic heterocycles. The summed E-state index contributed by atoms with van der Waals surface area (Å²) in [6.45, 7) is 4.16.